The Kier molecular flexibility index (Phi) is 5.52. The molecular formula is C15H27ClN2O. The van der Waals surface area contributed by atoms with Crippen LogP contribution in [0.15, 0.2) is 0 Å². The van der Waals surface area contributed by atoms with Crippen molar-refractivity contribution in [2.75, 3.05) is 19.6 Å². The van der Waals surface area contributed by atoms with Crippen LogP contribution in [0.3, 0.4) is 0 Å². The Morgan fingerprint density at radius 1 is 1.00 bits per heavy atom. The number of nitrogens with one attached hydrogen (secondary N) is 1. The van der Waals surface area contributed by atoms with Crippen molar-refractivity contribution in [2.45, 2.75) is 57.4 Å². The molecule has 2 unspecified atom stereocenters. The van der Waals surface area contributed by atoms with Gasteiger partial charge in [-0.25, -0.2) is 0 Å². The molecule has 3 fully saturated rings. The van der Waals surface area contributed by atoms with Gasteiger partial charge in [0, 0.05) is 19.1 Å². The first-order valence-corrected chi connectivity index (χ1v) is 7.87. The van der Waals surface area contributed by atoms with Crippen LogP contribution < -0.4 is 5.32 Å². The molecule has 3 rings (SSSR count). The maximum atomic E-state index is 12.6. The van der Waals surface area contributed by atoms with Gasteiger partial charge in [-0.15, -0.1) is 12.4 Å². The van der Waals surface area contributed by atoms with Gasteiger partial charge >= 0.3 is 0 Å². The minimum Gasteiger partial charge on any atom is -0.339 e. The van der Waals surface area contributed by atoms with Crippen LogP contribution in [0, 0.1) is 11.8 Å². The lowest BCUT2D eigenvalue weighted by atomic mass is 9.82. The van der Waals surface area contributed by atoms with Crippen molar-refractivity contribution in [1.82, 2.24) is 10.2 Å². The van der Waals surface area contributed by atoms with Crippen molar-refractivity contribution in [1.29, 1.82) is 0 Å². The molecule has 0 aromatic heterocycles. The predicted molar refractivity (Wildman–Crippen MR) is 79.5 cm³/mol. The average Bonchev–Trinajstić information content (AvgIpc) is 3.10. The highest BCUT2D eigenvalue weighted by molar-refractivity contribution is 5.85. The van der Waals surface area contributed by atoms with Gasteiger partial charge in [0.05, 0.1) is 5.92 Å². The summed E-state index contributed by atoms with van der Waals surface area (Å²) >= 11 is 0. The van der Waals surface area contributed by atoms with Crippen LogP contribution in [0.25, 0.3) is 0 Å². The van der Waals surface area contributed by atoms with E-state index in [2.05, 4.69) is 10.2 Å². The van der Waals surface area contributed by atoms with E-state index in [-0.39, 0.29) is 18.3 Å². The van der Waals surface area contributed by atoms with Gasteiger partial charge < -0.3 is 10.2 Å². The van der Waals surface area contributed by atoms with Crippen molar-refractivity contribution in [3.63, 3.8) is 0 Å². The third kappa shape index (κ3) is 3.25. The standard InChI is InChI=1S/C15H26N2O.ClH/c18-15(13-8-9-16-11-13)17-10-4-7-14(17)12-5-2-1-3-6-12;/h12-14,16H,1-11H2;1H. The summed E-state index contributed by atoms with van der Waals surface area (Å²) in [5.41, 5.74) is 0. The van der Waals surface area contributed by atoms with Gasteiger partial charge in [-0.2, -0.15) is 0 Å². The van der Waals surface area contributed by atoms with Gasteiger partial charge in [-0.05, 0) is 44.6 Å². The maximum absolute atomic E-state index is 12.6. The molecule has 3 aliphatic rings. The summed E-state index contributed by atoms with van der Waals surface area (Å²) in [5.74, 6) is 1.53. The van der Waals surface area contributed by atoms with Gasteiger partial charge in [0.2, 0.25) is 5.91 Å². The molecule has 0 radical (unpaired) electrons. The summed E-state index contributed by atoms with van der Waals surface area (Å²) in [5, 5.41) is 3.32. The number of likely N-dealkylation sites (tertiary alicyclic amines) is 1. The predicted octanol–water partition coefficient (Wildman–Crippen LogP) is 2.59. The van der Waals surface area contributed by atoms with Crippen molar-refractivity contribution in [2.24, 2.45) is 11.8 Å². The van der Waals surface area contributed by atoms with Crippen LogP contribution >= 0.6 is 12.4 Å². The van der Waals surface area contributed by atoms with E-state index in [0.717, 1.165) is 32.0 Å². The highest BCUT2D eigenvalue weighted by atomic mass is 35.5. The molecule has 2 saturated heterocycles. The molecule has 1 aliphatic carbocycles. The smallest absolute Gasteiger partial charge is 0.227 e. The minimum atomic E-state index is 0. The molecule has 0 aromatic rings. The van der Waals surface area contributed by atoms with Crippen molar-refractivity contribution in [3.8, 4) is 0 Å². The number of amides is 1. The number of nitrogens with zero attached hydrogens (tertiary/aromatic N) is 1. The van der Waals surface area contributed by atoms with Gasteiger partial charge in [0.15, 0.2) is 0 Å². The van der Waals surface area contributed by atoms with Crippen molar-refractivity contribution < 1.29 is 4.79 Å². The second-order valence-corrected chi connectivity index (χ2v) is 6.33. The Hall–Kier alpha value is -0.280. The molecule has 2 heterocycles. The zero-order chi connectivity index (χ0) is 12.4. The van der Waals surface area contributed by atoms with Crippen LogP contribution in [-0.2, 0) is 4.79 Å². The monoisotopic (exact) mass is 286 g/mol. The van der Waals surface area contributed by atoms with E-state index >= 15 is 0 Å². The Morgan fingerprint density at radius 2 is 1.79 bits per heavy atom. The summed E-state index contributed by atoms with van der Waals surface area (Å²) in [6.45, 7) is 2.96. The first kappa shape index (κ1) is 15.1. The lowest BCUT2D eigenvalue weighted by molar-refractivity contribution is -0.136. The number of carbonyl (C=O) groups is 1. The molecule has 19 heavy (non-hydrogen) atoms. The lowest BCUT2D eigenvalue weighted by Crippen LogP contribution is -2.44. The number of halogens is 1. The first-order chi connectivity index (χ1) is 8.86. The Balaban J connectivity index is 0.00000133. The van der Waals surface area contributed by atoms with Gasteiger partial charge in [-0.3, -0.25) is 4.79 Å². The third-order valence-corrected chi connectivity index (χ3v) is 5.19. The second-order valence-electron chi connectivity index (χ2n) is 6.33. The van der Waals surface area contributed by atoms with Gasteiger partial charge in [-0.1, -0.05) is 19.3 Å². The van der Waals surface area contributed by atoms with Crippen LogP contribution in [0.5, 0.6) is 0 Å². The van der Waals surface area contributed by atoms with Gasteiger partial charge in [0.25, 0.3) is 0 Å². The van der Waals surface area contributed by atoms with Crippen LogP contribution in [0.1, 0.15) is 51.4 Å². The summed E-state index contributed by atoms with van der Waals surface area (Å²) in [6, 6.07) is 0.582. The highest BCUT2D eigenvalue weighted by Crippen LogP contribution is 2.35. The van der Waals surface area contributed by atoms with Gasteiger partial charge in [0.1, 0.15) is 0 Å². The quantitative estimate of drug-likeness (QED) is 0.846. The largest absolute Gasteiger partial charge is 0.339 e. The fourth-order valence-electron chi connectivity index (χ4n) is 4.18. The number of hydrogen-bond acceptors (Lipinski definition) is 2. The fourth-order valence-corrected chi connectivity index (χ4v) is 4.18. The summed E-state index contributed by atoms with van der Waals surface area (Å²) < 4.78 is 0. The van der Waals surface area contributed by atoms with E-state index in [1.807, 2.05) is 0 Å². The molecule has 2 atom stereocenters. The molecule has 4 heteroatoms. The topological polar surface area (TPSA) is 32.3 Å². The molecule has 1 amide bonds. The summed E-state index contributed by atoms with van der Waals surface area (Å²) in [4.78, 5) is 14.8. The number of hydrogen-bond donors (Lipinski definition) is 1. The lowest BCUT2D eigenvalue weighted by Gasteiger charge is -2.35. The van der Waals surface area contributed by atoms with E-state index < -0.39 is 0 Å². The Labute approximate surface area is 122 Å². The third-order valence-electron chi connectivity index (χ3n) is 5.19. The molecular weight excluding hydrogens is 260 g/mol. The average molecular weight is 287 g/mol. The molecule has 0 spiro atoms. The zero-order valence-corrected chi connectivity index (χ0v) is 12.6. The Morgan fingerprint density at radius 3 is 2.47 bits per heavy atom. The van der Waals surface area contributed by atoms with E-state index in [0.29, 0.717) is 11.9 Å². The number of carbonyl (C=O) groups excluding carboxylic acids is 1. The normalized spacial score (nSPS) is 32.3. The van der Waals surface area contributed by atoms with Crippen LogP contribution in [0.4, 0.5) is 0 Å². The van der Waals surface area contributed by atoms with E-state index in [4.69, 9.17) is 0 Å². The van der Waals surface area contributed by atoms with E-state index in [1.165, 1.54) is 44.9 Å². The van der Waals surface area contributed by atoms with Crippen molar-refractivity contribution >= 4 is 18.3 Å². The molecule has 110 valence electrons. The summed E-state index contributed by atoms with van der Waals surface area (Å²) in [6.07, 6.45) is 10.4. The second kappa shape index (κ2) is 6.94. The van der Waals surface area contributed by atoms with Crippen LogP contribution in [-0.4, -0.2) is 36.5 Å². The SMILES string of the molecule is Cl.O=C(C1CCNC1)N1CCCC1C1CCCCC1. The fraction of sp³-hybridized carbons (Fsp3) is 0.933. The zero-order valence-electron chi connectivity index (χ0n) is 11.8. The Bertz CT molecular complexity index is 299. The summed E-state index contributed by atoms with van der Waals surface area (Å²) in [7, 11) is 0. The molecule has 0 aromatic carbocycles. The van der Waals surface area contributed by atoms with E-state index in [9.17, 15) is 4.79 Å². The highest BCUT2D eigenvalue weighted by Gasteiger charge is 2.38. The van der Waals surface area contributed by atoms with E-state index in [1.54, 1.807) is 0 Å². The molecule has 2 aliphatic heterocycles. The molecule has 1 N–H and O–H groups in total. The minimum absolute atomic E-state index is 0. The van der Waals surface area contributed by atoms with Crippen molar-refractivity contribution in [3.05, 3.63) is 0 Å². The maximum Gasteiger partial charge on any atom is 0.227 e. The first-order valence-electron chi connectivity index (χ1n) is 7.87. The van der Waals surface area contributed by atoms with Crippen LogP contribution in [0.2, 0.25) is 0 Å². The molecule has 1 saturated carbocycles. The number of rotatable bonds is 2. The molecule has 0 bridgehead atoms. The molecule has 3 nitrogen and oxygen atoms in total.